The number of anilines is 4. The van der Waals surface area contributed by atoms with Crippen LogP contribution in [-0.2, 0) is 9.59 Å². The van der Waals surface area contributed by atoms with Crippen LogP contribution in [0.1, 0.15) is 221 Å². The van der Waals surface area contributed by atoms with E-state index in [1.807, 2.05) is 110 Å². The lowest BCUT2D eigenvalue weighted by atomic mass is 9.89. The molecule has 145 heavy (non-hydrogen) atoms. The lowest BCUT2D eigenvalue weighted by Crippen LogP contribution is -2.53. The molecule has 0 amide bonds. The summed E-state index contributed by atoms with van der Waals surface area (Å²) in [4.78, 5) is 80.7. The van der Waals surface area contributed by atoms with Crippen molar-refractivity contribution in [2.75, 3.05) is 118 Å². The summed E-state index contributed by atoms with van der Waals surface area (Å²) in [5.41, 5.74) is 12.0. The van der Waals surface area contributed by atoms with Crippen LogP contribution in [0.15, 0.2) is 97.6 Å². The van der Waals surface area contributed by atoms with Gasteiger partial charge in [-0.25, -0.2) is 67.8 Å². The number of aliphatic carboxylic acids is 2. The molecule has 4 aromatic carbocycles. The molecule has 16 heterocycles. The minimum atomic E-state index is -1.31. The first-order valence-electron chi connectivity index (χ1n) is 51.0. The second-order valence-corrected chi connectivity index (χ2v) is 44.4. The molecule has 0 bridgehead atoms. The highest BCUT2D eigenvalue weighted by Gasteiger charge is 2.43. The van der Waals surface area contributed by atoms with E-state index in [0.717, 1.165) is 258 Å². The van der Waals surface area contributed by atoms with Crippen LogP contribution < -0.4 is 19.6 Å². The number of nitrogens with zero attached hydrogens (tertiary/aromatic N) is 25. The molecule has 774 valence electrons. The SMILES string of the molecule is CC(c1ccc(Cl)cc1Cl)n1nc(C#N)c2ncc(N3CCC(N4CCCC(CO)C4)CC3)nc21.Cc1nn(C(C)c2ccc(Cl)cc2Cl)c2nc(N3CCC(N4CCC(F)CC4)C(C)C3)cnc12.Cc1nn(C(C)c2ccc(Cl)cc2Cl)c2nc(N3CCC(N4CCCC4C(C)CC(=O)O)C(C)C3)cnc12.Cc1nn(C(C)c2ccc(Cl)cc2Cl)c2nc(N3CCC(N4CCCC4CC(O)C(=O)O)C(C)C3)cnc12. The number of carbonyl (C=O) groups is 2. The van der Waals surface area contributed by atoms with Gasteiger partial charge in [0.25, 0.3) is 0 Å². The van der Waals surface area contributed by atoms with Gasteiger partial charge in [-0.3, -0.25) is 24.4 Å². The Hall–Kier alpha value is -9.28. The molecule has 0 spiro atoms. The Morgan fingerprint density at radius 2 is 0.814 bits per heavy atom. The van der Waals surface area contributed by atoms with Crippen LogP contribution in [0.25, 0.3) is 44.7 Å². The molecule has 31 nitrogen and oxygen atoms in total. The van der Waals surface area contributed by atoms with Crippen LogP contribution in [0.5, 0.6) is 0 Å². The topological polar surface area (TPSA) is 339 Å². The van der Waals surface area contributed by atoms with Gasteiger partial charge in [0.2, 0.25) is 0 Å². The maximum atomic E-state index is 13.6. The fraction of sp³-hybridized carbons (Fsp3) is 0.552. The molecule has 8 fully saturated rings. The second-order valence-electron chi connectivity index (χ2n) is 41.1. The van der Waals surface area contributed by atoms with Crippen LogP contribution in [0.2, 0.25) is 40.2 Å². The summed E-state index contributed by atoms with van der Waals surface area (Å²) in [5, 5.41) is 71.1. The fourth-order valence-electron chi connectivity index (χ4n) is 23.6. The summed E-state index contributed by atoms with van der Waals surface area (Å²) < 4.78 is 21.0. The van der Waals surface area contributed by atoms with Crippen LogP contribution in [0.4, 0.5) is 27.7 Å². The van der Waals surface area contributed by atoms with Crippen LogP contribution in [-0.4, -0.2) is 278 Å². The van der Waals surface area contributed by atoms with E-state index in [4.69, 9.17) is 148 Å². The maximum Gasteiger partial charge on any atom is 0.332 e. The van der Waals surface area contributed by atoms with E-state index in [2.05, 4.69) is 96.9 Å². The van der Waals surface area contributed by atoms with Gasteiger partial charge in [0.1, 0.15) is 57.6 Å². The van der Waals surface area contributed by atoms with E-state index in [9.17, 15) is 34.6 Å². The predicted molar refractivity (Wildman–Crippen MR) is 572 cm³/mol. The Morgan fingerprint density at radius 3 is 1.21 bits per heavy atom. The van der Waals surface area contributed by atoms with E-state index in [-0.39, 0.29) is 61.3 Å². The molecule has 8 aliphatic rings. The van der Waals surface area contributed by atoms with E-state index in [1.165, 1.54) is 0 Å². The van der Waals surface area contributed by atoms with Crippen molar-refractivity contribution < 1.29 is 34.4 Å². The second kappa shape index (κ2) is 46.9. The number of fused-ring (bicyclic) bond motifs is 4. The number of hydrogen-bond donors (Lipinski definition) is 4. The predicted octanol–water partition coefficient (Wildman–Crippen LogP) is 20.4. The van der Waals surface area contributed by atoms with Crippen molar-refractivity contribution in [3.05, 3.63) is 183 Å². The van der Waals surface area contributed by atoms with Crippen molar-refractivity contribution in [1.82, 2.24) is 98.6 Å². The van der Waals surface area contributed by atoms with Crippen molar-refractivity contribution in [3.63, 3.8) is 0 Å². The molecule has 8 aliphatic heterocycles. The molecule has 8 saturated heterocycles. The smallest absolute Gasteiger partial charge is 0.332 e. The number of hydrogen-bond acceptors (Lipinski definition) is 25. The maximum absolute atomic E-state index is 13.6. The Morgan fingerprint density at radius 1 is 0.441 bits per heavy atom. The van der Waals surface area contributed by atoms with Gasteiger partial charge in [-0.05, 0) is 258 Å². The monoisotopic (exact) mass is 2140 g/mol. The zero-order valence-corrected chi connectivity index (χ0v) is 90.0. The number of piperidine rings is 6. The Bertz CT molecular complexity index is 6650. The zero-order chi connectivity index (χ0) is 103. The lowest BCUT2D eigenvalue weighted by Gasteiger charge is -2.44. The summed E-state index contributed by atoms with van der Waals surface area (Å²) in [6, 6.07) is 25.7. The largest absolute Gasteiger partial charge is 0.481 e. The molecule has 15 unspecified atom stereocenters. The van der Waals surface area contributed by atoms with Gasteiger partial charge in [0.15, 0.2) is 34.4 Å². The van der Waals surface area contributed by atoms with Crippen LogP contribution in [0.3, 0.4) is 0 Å². The van der Waals surface area contributed by atoms with E-state index >= 15 is 0 Å². The number of alkyl halides is 1. The third-order valence-corrected chi connectivity index (χ3v) is 33.7. The van der Waals surface area contributed by atoms with Gasteiger partial charge in [-0.1, -0.05) is 145 Å². The number of carboxylic acids is 2. The molecular formula is C105H130Cl8FN25O6. The number of likely N-dealkylation sites (tertiary alicyclic amines) is 4. The summed E-state index contributed by atoms with van der Waals surface area (Å²) in [6.45, 7) is 36.0. The molecule has 0 saturated carbocycles. The van der Waals surface area contributed by atoms with Gasteiger partial charge >= 0.3 is 11.9 Å². The number of aliphatic hydroxyl groups excluding tert-OH is 2. The minimum Gasteiger partial charge on any atom is -0.481 e. The number of aromatic nitrogens is 16. The van der Waals surface area contributed by atoms with Crippen molar-refractivity contribution in [2.45, 2.75) is 245 Å². The summed E-state index contributed by atoms with van der Waals surface area (Å²) in [5.74, 6) is 3.31. The first kappa shape index (κ1) is 107. The number of aryl methyl sites for hydroxylation is 3. The normalized spacial score (nSPS) is 23.2. The van der Waals surface area contributed by atoms with Gasteiger partial charge in [0.05, 0.1) is 66.0 Å². The standard InChI is InChI=1S/C28H36Cl2N6O2.C27H34Cl2N6O3.C25H31Cl2FN6.C25H29Cl2N7O/c1-16(12-26(37)38)23-6-5-10-35(23)24-9-11-34(15-17(24)2)25-14-31-27-18(3)33-36(28(27)32-25)19(4)21-8-7-20(29)13-22(21)30;1-15-14-33(10-8-22(15)34-9-4-5-19(34)12-23(36)27(37)38)24-13-30-25-16(2)32-35(26(25)31-24)17(3)20-7-6-18(28)11-21(20)29;1-15-14-33(11-8-22(15)32-9-6-19(28)7-10-32)23-13-29-24-16(2)31-34(25(24)30-23)17(3)20-5-4-18(26)12-21(20)27;1-16(20-5-4-18(26)11-21(20)27)34-25-24(22(12-28)31-34)29-13-23(30-25)32-9-6-19(7-10-32)33-8-2-3-17(14-33)15-35/h7-8,13-14,16-17,19,23-24H,5-6,9-12,15H2,1-4H3,(H,37,38);6-7,11,13,15,17,19,22-23,36H,4-5,8-10,12,14H2,1-3H3,(H,37,38);4-5,12-13,15,17,19,22H,6-11,14H2,1-3H3;4-5,11,13,16-17,19,35H,2-3,6-10,14-15H2,1H3. The number of halogens is 9. The highest BCUT2D eigenvalue weighted by atomic mass is 35.5. The Kier molecular flexibility index (Phi) is 34.6. The molecule has 0 aliphatic carbocycles. The number of benzene rings is 4. The molecule has 20 rings (SSSR count). The zero-order valence-electron chi connectivity index (χ0n) is 84.0. The van der Waals surface area contributed by atoms with Gasteiger partial charge < -0.3 is 40.0 Å². The van der Waals surface area contributed by atoms with Crippen molar-refractivity contribution in [1.29, 1.82) is 5.26 Å². The van der Waals surface area contributed by atoms with Crippen molar-refractivity contribution in [2.24, 2.45) is 29.6 Å². The Labute approximate surface area is 886 Å². The average Bonchev–Trinajstić information content (AvgIpc) is 1.62. The summed E-state index contributed by atoms with van der Waals surface area (Å²) >= 11 is 50.4. The number of nitriles is 1. The molecule has 15 atom stereocenters. The van der Waals surface area contributed by atoms with Gasteiger partial charge in [-0.15, -0.1) is 0 Å². The summed E-state index contributed by atoms with van der Waals surface area (Å²) in [6.07, 6.45) is 18.8. The third-order valence-electron chi connectivity index (χ3n) is 31.4. The average molecular weight is 2140 g/mol. The van der Waals surface area contributed by atoms with Gasteiger partial charge in [0, 0.05) is 161 Å². The first-order valence-corrected chi connectivity index (χ1v) is 54.1. The lowest BCUT2D eigenvalue weighted by molar-refractivity contribution is -0.147. The van der Waals surface area contributed by atoms with E-state index in [0.29, 0.717) is 118 Å². The molecular weight excluding hydrogens is 2010 g/mol. The third kappa shape index (κ3) is 23.8. The fourth-order valence-corrected chi connectivity index (χ4v) is 25.9. The van der Waals surface area contributed by atoms with Crippen LogP contribution >= 0.6 is 92.8 Å². The summed E-state index contributed by atoms with van der Waals surface area (Å²) in [7, 11) is 0. The van der Waals surface area contributed by atoms with Gasteiger partial charge in [-0.2, -0.15) is 25.7 Å². The number of rotatable bonds is 23. The highest BCUT2D eigenvalue weighted by molar-refractivity contribution is 6.37. The number of carboxylic acid groups (broad SMARTS) is 2. The van der Waals surface area contributed by atoms with Crippen LogP contribution in [0, 0.1) is 61.7 Å². The number of aliphatic hydroxyl groups is 2. The van der Waals surface area contributed by atoms with E-state index < -0.39 is 24.2 Å². The quantitative estimate of drug-likeness (QED) is 0.0462. The Balaban J connectivity index is 0.000000133. The molecule has 0 radical (unpaired) electrons. The molecule has 4 N–H and O–H groups in total. The van der Waals surface area contributed by atoms with Crippen molar-refractivity contribution in [3.8, 4) is 6.07 Å². The van der Waals surface area contributed by atoms with Crippen molar-refractivity contribution >= 4 is 173 Å². The van der Waals surface area contributed by atoms with E-state index in [1.54, 1.807) is 41.2 Å². The minimum absolute atomic E-state index is 0.106. The molecule has 8 aromatic heterocycles. The highest BCUT2D eigenvalue weighted by Crippen LogP contribution is 2.43. The molecule has 12 aromatic rings. The molecule has 40 heteroatoms. The first-order chi connectivity index (χ1) is 69.6.